The molecule has 2 aromatic heterocycles. The summed E-state index contributed by atoms with van der Waals surface area (Å²) in [6.07, 6.45) is 19.1. The normalized spacial score (nSPS) is 18.8. The number of ether oxygens (including phenoxy) is 2. The molecule has 0 saturated carbocycles. The molecule has 6 nitrogen and oxygen atoms in total. The van der Waals surface area contributed by atoms with Crippen LogP contribution in [0.25, 0.3) is 0 Å². The number of nitrogens with zero attached hydrogens (tertiary/aromatic N) is 4. The molecule has 0 radical (unpaired) electrons. The summed E-state index contributed by atoms with van der Waals surface area (Å²) >= 11 is 24.6. The van der Waals surface area contributed by atoms with Crippen molar-refractivity contribution >= 4 is 58.2 Å². The Morgan fingerprint density at radius 2 is 1.44 bits per heavy atom. The number of hydrogen-bond donors (Lipinski definition) is 0. The number of aliphatic imine (C=N–C) groups is 2. The lowest BCUT2D eigenvalue weighted by Gasteiger charge is -2.13. The third kappa shape index (κ3) is 9.58. The average Bonchev–Trinajstić information content (AvgIpc) is 3.66. The third-order valence-corrected chi connectivity index (χ3v) is 7.80. The number of aromatic nitrogens is 2. The Balaban J connectivity index is 0.000000233. The zero-order valence-electron chi connectivity index (χ0n) is 25.9. The molecule has 0 amide bonds. The van der Waals surface area contributed by atoms with E-state index >= 15 is 0 Å². The molecule has 3 atom stereocenters. The molecule has 2 aliphatic heterocycles. The van der Waals surface area contributed by atoms with Crippen LogP contribution in [0.3, 0.4) is 0 Å². The highest BCUT2D eigenvalue weighted by molar-refractivity contribution is 6.40. The van der Waals surface area contributed by atoms with Gasteiger partial charge in [-0.3, -0.25) is 9.97 Å². The predicted molar refractivity (Wildman–Crippen MR) is 188 cm³/mol. The van der Waals surface area contributed by atoms with Gasteiger partial charge in [0.15, 0.2) is 0 Å². The molecule has 1 aromatic carbocycles. The Labute approximate surface area is 286 Å². The van der Waals surface area contributed by atoms with Crippen molar-refractivity contribution < 1.29 is 9.47 Å². The van der Waals surface area contributed by atoms with Crippen molar-refractivity contribution in [1.82, 2.24) is 9.97 Å². The SMILES string of the molecule is C#C/C=C(\C/C=C\CC)[C@H]1COC(c2c(Cl)cncc2Cl)=N1.CC.Cc1ccc(C2N=C(c3c(Cl)cncc3Cl)O[C@@H]2C)cc1. The van der Waals surface area contributed by atoms with Crippen molar-refractivity contribution in [2.45, 2.75) is 65.6 Å². The molecular weight excluding hydrogens is 650 g/mol. The fraction of sp³-hybridized carbons (Fsp3) is 0.314. The third-order valence-electron chi connectivity index (χ3n) is 6.66. The van der Waals surface area contributed by atoms with Gasteiger partial charge in [0.05, 0.1) is 31.2 Å². The Morgan fingerprint density at radius 1 is 0.889 bits per heavy atom. The van der Waals surface area contributed by atoms with E-state index in [9.17, 15) is 0 Å². The van der Waals surface area contributed by atoms with Gasteiger partial charge >= 0.3 is 0 Å². The van der Waals surface area contributed by atoms with E-state index in [1.165, 1.54) is 18.0 Å². The summed E-state index contributed by atoms with van der Waals surface area (Å²) in [6, 6.07) is 8.11. The lowest BCUT2D eigenvalue weighted by atomic mass is 10.0. The first-order valence-electron chi connectivity index (χ1n) is 14.6. The lowest BCUT2D eigenvalue weighted by molar-refractivity contribution is 0.214. The van der Waals surface area contributed by atoms with E-state index in [0.29, 0.717) is 49.6 Å². The minimum atomic E-state index is -0.118. The van der Waals surface area contributed by atoms with Gasteiger partial charge in [-0.1, -0.05) is 115 Å². The summed E-state index contributed by atoms with van der Waals surface area (Å²) in [5.41, 5.74) is 4.54. The zero-order chi connectivity index (χ0) is 32.9. The topological polar surface area (TPSA) is 69.0 Å². The first-order chi connectivity index (χ1) is 21.7. The van der Waals surface area contributed by atoms with Crippen LogP contribution in [0.5, 0.6) is 0 Å². The predicted octanol–water partition coefficient (Wildman–Crippen LogP) is 10.1. The highest BCUT2D eigenvalue weighted by atomic mass is 35.5. The van der Waals surface area contributed by atoms with E-state index in [1.807, 2.05) is 20.8 Å². The van der Waals surface area contributed by atoms with E-state index in [1.54, 1.807) is 18.5 Å². The van der Waals surface area contributed by atoms with Gasteiger partial charge in [0, 0.05) is 24.8 Å². The smallest absolute Gasteiger partial charge is 0.220 e. The molecule has 0 spiro atoms. The Kier molecular flexibility index (Phi) is 14.4. The van der Waals surface area contributed by atoms with Crippen LogP contribution in [-0.4, -0.2) is 40.5 Å². The maximum absolute atomic E-state index is 6.16. The Bertz CT molecular complexity index is 1570. The van der Waals surface area contributed by atoms with Gasteiger partial charge in [0.25, 0.3) is 0 Å². The second kappa shape index (κ2) is 18.0. The van der Waals surface area contributed by atoms with Crippen LogP contribution in [0.1, 0.15) is 68.8 Å². The van der Waals surface area contributed by atoms with Crippen molar-refractivity contribution in [3.63, 3.8) is 0 Å². The summed E-state index contributed by atoms with van der Waals surface area (Å²) in [7, 11) is 0. The van der Waals surface area contributed by atoms with Crippen LogP contribution >= 0.6 is 46.4 Å². The van der Waals surface area contributed by atoms with Crippen molar-refractivity contribution in [2.75, 3.05) is 6.61 Å². The van der Waals surface area contributed by atoms with E-state index in [4.69, 9.17) is 62.3 Å². The first kappa shape index (κ1) is 36.1. The Hall–Kier alpha value is -3.34. The molecule has 0 bridgehead atoms. The largest absolute Gasteiger partial charge is 0.475 e. The van der Waals surface area contributed by atoms with E-state index < -0.39 is 0 Å². The van der Waals surface area contributed by atoms with Crippen molar-refractivity contribution in [3.05, 3.63) is 115 Å². The van der Waals surface area contributed by atoms with Gasteiger partial charge < -0.3 is 9.47 Å². The molecule has 0 fully saturated rings. The molecule has 2 aliphatic rings. The van der Waals surface area contributed by atoms with Gasteiger partial charge in [-0.2, -0.15) is 0 Å². The number of terminal acetylenes is 1. The van der Waals surface area contributed by atoms with Crippen molar-refractivity contribution in [1.29, 1.82) is 0 Å². The van der Waals surface area contributed by atoms with Crippen LogP contribution in [0, 0.1) is 19.3 Å². The molecule has 0 aliphatic carbocycles. The molecule has 10 heteroatoms. The second-order valence-corrected chi connectivity index (χ2v) is 11.4. The fourth-order valence-corrected chi connectivity index (χ4v) is 5.50. The zero-order valence-corrected chi connectivity index (χ0v) is 28.9. The molecular formula is C35H36Cl4N4O2. The van der Waals surface area contributed by atoms with Gasteiger partial charge in [-0.05, 0) is 43.9 Å². The van der Waals surface area contributed by atoms with Gasteiger partial charge in [0.1, 0.15) is 24.8 Å². The average molecular weight is 687 g/mol. The standard InChI is InChI=1S/C17H16Cl2N2O.C16H14Cl2N2O.C2H6/c1-3-5-6-8-12(7-4-2)15-11-22-17(21-15)16-13(18)9-20-10-14(16)19;1-9-3-5-11(6-4-9)15-10(2)21-16(20-15)14-12(17)7-19-8-13(14)18;1-2/h2,5-7,9-10,15H,3,8,11H2,1H3;3-8,10,15H,1-2H3;1-2H3/b6-5-,12-7+;;/t15-;10-,15?;/m11./s1. The van der Waals surface area contributed by atoms with Gasteiger partial charge in [-0.15, -0.1) is 6.42 Å². The molecule has 5 rings (SSSR count). The quantitative estimate of drug-likeness (QED) is 0.183. The number of pyridine rings is 2. The second-order valence-electron chi connectivity index (χ2n) is 9.80. The maximum atomic E-state index is 6.16. The fourth-order valence-electron chi connectivity index (χ4n) is 4.45. The first-order valence-corrected chi connectivity index (χ1v) is 16.1. The van der Waals surface area contributed by atoms with E-state index in [-0.39, 0.29) is 18.2 Å². The van der Waals surface area contributed by atoms with Crippen LogP contribution < -0.4 is 0 Å². The number of halogens is 4. The highest BCUT2D eigenvalue weighted by Crippen LogP contribution is 2.34. The number of rotatable bonds is 7. The molecule has 3 aromatic rings. The summed E-state index contributed by atoms with van der Waals surface area (Å²) in [5.74, 6) is 3.48. The maximum Gasteiger partial charge on any atom is 0.220 e. The molecule has 0 saturated heterocycles. The number of benzene rings is 1. The van der Waals surface area contributed by atoms with Gasteiger partial charge in [-0.25, -0.2) is 9.98 Å². The molecule has 0 N–H and O–H groups in total. The number of allylic oxidation sites excluding steroid dienone is 3. The molecule has 45 heavy (non-hydrogen) atoms. The summed E-state index contributed by atoms with van der Waals surface area (Å²) in [5, 5.41) is 1.72. The number of aryl methyl sites for hydroxylation is 1. The van der Waals surface area contributed by atoms with Crippen LogP contribution in [0.15, 0.2) is 82.8 Å². The molecule has 236 valence electrons. The van der Waals surface area contributed by atoms with Gasteiger partial charge in [0.2, 0.25) is 11.8 Å². The lowest BCUT2D eigenvalue weighted by Crippen LogP contribution is -2.13. The van der Waals surface area contributed by atoms with E-state index in [2.05, 4.69) is 76.1 Å². The van der Waals surface area contributed by atoms with Crippen molar-refractivity contribution in [3.8, 4) is 12.3 Å². The summed E-state index contributed by atoms with van der Waals surface area (Å²) in [4.78, 5) is 17.1. The van der Waals surface area contributed by atoms with Crippen LogP contribution in [0.2, 0.25) is 20.1 Å². The Morgan fingerprint density at radius 3 is 1.98 bits per heavy atom. The monoisotopic (exact) mass is 684 g/mol. The van der Waals surface area contributed by atoms with E-state index in [0.717, 1.165) is 24.0 Å². The summed E-state index contributed by atoms with van der Waals surface area (Å²) < 4.78 is 11.5. The summed E-state index contributed by atoms with van der Waals surface area (Å²) in [6.45, 7) is 10.6. The minimum absolute atomic E-state index is 0.0547. The number of hydrogen-bond acceptors (Lipinski definition) is 6. The van der Waals surface area contributed by atoms with Crippen LogP contribution in [-0.2, 0) is 9.47 Å². The highest BCUT2D eigenvalue weighted by Gasteiger charge is 2.31. The minimum Gasteiger partial charge on any atom is -0.475 e. The molecule has 4 heterocycles. The molecule has 1 unspecified atom stereocenters. The van der Waals surface area contributed by atoms with Crippen LogP contribution in [0.4, 0.5) is 0 Å². The van der Waals surface area contributed by atoms with Crippen molar-refractivity contribution in [2.24, 2.45) is 9.98 Å².